The Morgan fingerprint density at radius 2 is 2.12 bits per heavy atom. The number of nitrogen functional groups attached to an aromatic ring is 1. The first-order valence-corrected chi connectivity index (χ1v) is 12.2. The lowest BCUT2D eigenvalue weighted by molar-refractivity contribution is -0.0950. The van der Waals surface area contributed by atoms with Crippen LogP contribution in [-0.4, -0.2) is 55.8 Å². The Labute approximate surface area is 193 Å². The normalized spacial score (nSPS) is 34.0. The summed E-state index contributed by atoms with van der Waals surface area (Å²) in [7, 11) is -3.94. The van der Waals surface area contributed by atoms with Gasteiger partial charge in [0.15, 0.2) is 11.9 Å². The predicted octanol–water partition coefficient (Wildman–Crippen LogP) is 1.62. The van der Waals surface area contributed by atoms with Gasteiger partial charge in [0.2, 0.25) is 5.95 Å². The molecule has 6 atom stereocenters. The summed E-state index contributed by atoms with van der Waals surface area (Å²) >= 11 is 0. The van der Waals surface area contributed by atoms with Crippen LogP contribution in [0, 0.1) is 0 Å². The van der Waals surface area contributed by atoms with Gasteiger partial charge in [-0.3, -0.25) is 23.3 Å². The second-order valence-electron chi connectivity index (χ2n) is 8.48. The zero-order valence-electron chi connectivity index (χ0n) is 18.2. The lowest BCUT2D eigenvalue weighted by atomic mass is 9.96. The van der Waals surface area contributed by atoms with Crippen molar-refractivity contribution in [2.24, 2.45) is 0 Å². The van der Waals surface area contributed by atoms with Crippen molar-refractivity contribution in [2.45, 2.75) is 43.5 Å². The summed E-state index contributed by atoms with van der Waals surface area (Å²) in [5.41, 5.74) is 4.44. The van der Waals surface area contributed by atoms with Crippen LogP contribution in [0.25, 0.3) is 11.0 Å². The molecule has 1 aromatic carbocycles. The van der Waals surface area contributed by atoms with E-state index in [4.69, 9.17) is 24.0 Å². The molecule has 0 bridgehead atoms. The molecule has 182 valence electrons. The third kappa shape index (κ3) is 4.07. The van der Waals surface area contributed by atoms with Crippen LogP contribution < -0.4 is 11.3 Å². The SMILES string of the molecule is C[C@@]1(O)[C@H](O)[C@@H](COP2(=O)OCC[C@H](c3ccccc3)O2)O[C@H]1n1ccc2c(=O)[nH]c(N)nc21. The molecule has 5 N–H and O–H groups in total. The molecule has 0 amide bonds. The first kappa shape index (κ1) is 23.2. The van der Waals surface area contributed by atoms with Crippen LogP contribution in [0.5, 0.6) is 0 Å². The number of hydrogen-bond acceptors (Lipinski definition) is 10. The molecule has 0 saturated carbocycles. The van der Waals surface area contributed by atoms with Gasteiger partial charge in [-0.2, -0.15) is 4.98 Å². The number of rotatable bonds is 5. The zero-order valence-corrected chi connectivity index (χ0v) is 19.1. The minimum absolute atomic E-state index is 0.104. The van der Waals surface area contributed by atoms with Crippen molar-refractivity contribution in [3.05, 3.63) is 58.5 Å². The van der Waals surface area contributed by atoms with Crippen molar-refractivity contribution in [1.82, 2.24) is 14.5 Å². The average molecular weight is 492 g/mol. The Kier molecular flexibility index (Phi) is 5.85. The Morgan fingerprint density at radius 1 is 1.35 bits per heavy atom. The molecular weight excluding hydrogens is 467 g/mol. The quantitative estimate of drug-likeness (QED) is 0.384. The molecule has 2 aromatic heterocycles. The molecule has 2 fully saturated rings. The molecule has 0 radical (unpaired) electrons. The topological polar surface area (TPSA) is 171 Å². The highest BCUT2D eigenvalue weighted by Crippen LogP contribution is 2.57. The highest BCUT2D eigenvalue weighted by atomic mass is 31.2. The van der Waals surface area contributed by atoms with Gasteiger partial charge in [-0.25, -0.2) is 4.57 Å². The van der Waals surface area contributed by atoms with Crippen LogP contribution in [-0.2, 0) is 22.9 Å². The van der Waals surface area contributed by atoms with Gasteiger partial charge in [-0.1, -0.05) is 30.3 Å². The number of phosphoric acid groups is 1. The van der Waals surface area contributed by atoms with Crippen LogP contribution in [0.15, 0.2) is 47.4 Å². The van der Waals surface area contributed by atoms with E-state index in [1.165, 1.54) is 23.8 Å². The Hall–Kier alpha value is -2.57. The molecule has 2 aliphatic rings. The molecule has 2 saturated heterocycles. The van der Waals surface area contributed by atoms with E-state index in [0.29, 0.717) is 6.42 Å². The van der Waals surface area contributed by atoms with Gasteiger partial charge in [0, 0.05) is 12.6 Å². The summed E-state index contributed by atoms with van der Waals surface area (Å²) in [6.45, 7) is 1.18. The Bertz CT molecular complexity index is 1290. The highest BCUT2D eigenvalue weighted by molar-refractivity contribution is 7.48. The summed E-state index contributed by atoms with van der Waals surface area (Å²) in [5.74, 6) is -0.104. The van der Waals surface area contributed by atoms with E-state index in [0.717, 1.165) is 5.56 Å². The molecule has 4 heterocycles. The third-order valence-corrected chi connectivity index (χ3v) is 7.54. The maximum Gasteiger partial charge on any atom is 0.475 e. The summed E-state index contributed by atoms with van der Waals surface area (Å²) < 4.78 is 36.8. The van der Waals surface area contributed by atoms with Crippen LogP contribution >= 0.6 is 7.82 Å². The average Bonchev–Trinajstić information content (AvgIpc) is 3.32. The number of nitrogens with zero attached hydrogens (tertiary/aromatic N) is 2. The number of benzene rings is 1. The minimum Gasteiger partial charge on any atom is -0.387 e. The first-order valence-electron chi connectivity index (χ1n) is 10.7. The molecule has 2 aliphatic heterocycles. The fraction of sp³-hybridized carbons (Fsp3) is 0.429. The molecule has 1 unspecified atom stereocenters. The van der Waals surface area contributed by atoms with E-state index >= 15 is 0 Å². The molecule has 0 aliphatic carbocycles. The number of aromatic amines is 1. The lowest BCUT2D eigenvalue weighted by Gasteiger charge is -2.30. The molecule has 0 spiro atoms. The van der Waals surface area contributed by atoms with Gasteiger partial charge in [0.25, 0.3) is 5.56 Å². The number of phosphoric ester groups is 1. The largest absolute Gasteiger partial charge is 0.475 e. The van der Waals surface area contributed by atoms with Gasteiger partial charge in [0.1, 0.15) is 17.8 Å². The number of aromatic nitrogens is 3. The van der Waals surface area contributed by atoms with E-state index in [1.807, 2.05) is 30.3 Å². The molecular formula is C21H25N4O8P. The van der Waals surface area contributed by atoms with Gasteiger partial charge >= 0.3 is 7.82 Å². The van der Waals surface area contributed by atoms with Crippen LogP contribution in [0.1, 0.15) is 31.2 Å². The number of aliphatic hydroxyl groups excluding tert-OH is 1. The van der Waals surface area contributed by atoms with Crippen LogP contribution in [0.2, 0.25) is 0 Å². The first-order chi connectivity index (χ1) is 16.2. The fourth-order valence-corrected chi connectivity index (χ4v) is 5.66. The molecule has 5 rings (SSSR count). The number of fused-ring (bicyclic) bond motifs is 1. The zero-order chi connectivity index (χ0) is 24.1. The summed E-state index contributed by atoms with van der Waals surface area (Å²) in [4.78, 5) is 18.7. The van der Waals surface area contributed by atoms with Gasteiger partial charge in [-0.05, 0) is 18.6 Å². The van der Waals surface area contributed by atoms with Crippen molar-refractivity contribution < 1.29 is 33.1 Å². The fourth-order valence-electron chi connectivity index (χ4n) is 4.27. The second-order valence-corrected chi connectivity index (χ2v) is 10.1. The minimum atomic E-state index is -3.94. The number of nitrogens with one attached hydrogen (secondary N) is 1. The van der Waals surface area contributed by atoms with Crippen molar-refractivity contribution in [3.63, 3.8) is 0 Å². The number of nitrogens with two attached hydrogens (primary N) is 1. The smallest absolute Gasteiger partial charge is 0.387 e. The molecule has 3 aromatic rings. The maximum atomic E-state index is 13.1. The van der Waals surface area contributed by atoms with E-state index < -0.39 is 43.5 Å². The number of hydrogen-bond donors (Lipinski definition) is 4. The summed E-state index contributed by atoms with van der Waals surface area (Å²) in [6.07, 6.45) is -2.09. The van der Waals surface area contributed by atoms with E-state index in [9.17, 15) is 19.6 Å². The maximum absolute atomic E-state index is 13.1. The number of H-pyrrole nitrogens is 1. The standard InChI is InChI=1S/C21H25N4O8P/c1-21(28)16(26)15(32-19(21)25-9-7-13-17(25)23-20(22)24-18(13)27)11-31-34(29)30-10-8-14(33-34)12-5-3-2-4-6-12/h2-7,9,14-16,19,26,28H,8,10-11H2,1H3,(H3,22,23,24,27)/t14-,15-,16-,19-,21-,34?/m1/s1. The molecule has 12 nitrogen and oxygen atoms in total. The Balaban J connectivity index is 1.33. The third-order valence-electron chi connectivity index (χ3n) is 6.06. The second kappa shape index (κ2) is 8.58. The van der Waals surface area contributed by atoms with Gasteiger partial charge in [-0.15, -0.1) is 0 Å². The van der Waals surface area contributed by atoms with Crippen molar-refractivity contribution in [3.8, 4) is 0 Å². The van der Waals surface area contributed by atoms with Crippen LogP contribution in [0.4, 0.5) is 5.95 Å². The predicted molar refractivity (Wildman–Crippen MR) is 120 cm³/mol. The Morgan fingerprint density at radius 3 is 2.88 bits per heavy atom. The van der Waals surface area contributed by atoms with Gasteiger partial charge < -0.3 is 25.3 Å². The number of anilines is 1. The van der Waals surface area contributed by atoms with Crippen molar-refractivity contribution in [1.29, 1.82) is 0 Å². The van der Waals surface area contributed by atoms with E-state index in [-0.39, 0.29) is 30.2 Å². The van der Waals surface area contributed by atoms with Gasteiger partial charge in [0.05, 0.1) is 24.7 Å². The van der Waals surface area contributed by atoms with Crippen molar-refractivity contribution >= 4 is 24.8 Å². The summed E-state index contributed by atoms with van der Waals surface area (Å²) in [6, 6.07) is 10.8. The van der Waals surface area contributed by atoms with E-state index in [1.54, 1.807) is 0 Å². The summed E-state index contributed by atoms with van der Waals surface area (Å²) in [5, 5.41) is 22.0. The number of aliphatic hydroxyl groups is 2. The van der Waals surface area contributed by atoms with Crippen LogP contribution in [0.3, 0.4) is 0 Å². The monoisotopic (exact) mass is 492 g/mol. The van der Waals surface area contributed by atoms with Crippen molar-refractivity contribution in [2.75, 3.05) is 18.9 Å². The molecule has 34 heavy (non-hydrogen) atoms. The number of ether oxygens (including phenoxy) is 1. The highest BCUT2D eigenvalue weighted by Gasteiger charge is 2.54. The van der Waals surface area contributed by atoms with E-state index in [2.05, 4.69) is 9.97 Å². The molecule has 13 heteroatoms. The lowest BCUT2D eigenvalue weighted by Crippen LogP contribution is -2.44.